The standard InChI is InChI=1S/C33H61NO9/c1-12-14-34-18-33(40)23(7)42-24(17-31(33,9)41-11)26-19(3)15-30(8,38)16-20(4)27(35)22(6)28(36)32(10,39)25(13-2)43-29(37)21(26)5/h19-26,28,34,36,38-40H,12-18H2,1-11H3/t19-,20-,21-,22+,23+,24-,25-,26?,28-,30+,31-,32-,33+/m1/s1. The van der Waals surface area contributed by atoms with E-state index in [1.165, 1.54) is 6.92 Å². The molecule has 1 unspecified atom stereocenters. The Morgan fingerprint density at radius 3 is 2.09 bits per heavy atom. The maximum absolute atomic E-state index is 13.8. The Hall–Kier alpha value is -1.14. The number of nitrogens with one attached hydrogen (secondary N) is 1. The minimum Gasteiger partial charge on any atom is -0.459 e. The summed E-state index contributed by atoms with van der Waals surface area (Å²) in [6.45, 7) is 18.6. The summed E-state index contributed by atoms with van der Waals surface area (Å²) in [5.41, 5.74) is -5.52. The Balaban J connectivity index is 2.58. The van der Waals surface area contributed by atoms with Crippen LogP contribution in [0.4, 0.5) is 0 Å². The molecule has 2 aliphatic rings. The average molecular weight is 616 g/mol. The molecule has 0 amide bonds. The van der Waals surface area contributed by atoms with E-state index in [2.05, 4.69) is 5.32 Å². The second-order valence-electron chi connectivity index (χ2n) is 14.4. The highest BCUT2D eigenvalue weighted by atomic mass is 16.6. The number of hydrogen-bond donors (Lipinski definition) is 5. The van der Waals surface area contributed by atoms with Gasteiger partial charge in [-0.3, -0.25) is 9.59 Å². The summed E-state index contributed by atoms with van der Waals surface area (Å²) in [5.74, 6) is -3.83. The molecule has 0 spiro atoms. The summed E-state index contributed by atoms with van der Waals surface area (Å²) in [6.07, 6.45) is -1.89. The van der Waals surface area contributed by atoms with Crippen molar-refractivity contribution in [3.63, 3.8) is 0 Å². The van der Waals surface area contributed by atoms with Gasteiger partial charge < -0.3 is 40.0 Å². The van der Waals surface area contributed by atoms with Crippen molar-refractivity contribution in [2.24, 2.45) is 29.6 Å². The molecule has 2 aliphatic heterocycles. The summed E-state index contributed by atoms with van der Waals surface area (Å²) in [7, 11) is 1.57. The van der Waals surface area contributed by atoms with Crippen molar-refractivity contribution in [3.05, 3.63) is 0 Å². The molecule has 0 saturated carbocycles. The summed E-state index contributed by atoms with van der Waals surface area (Å²) in [5, 5.41) is 49.3. The maximum atomic E-state index is 13.8. The Morgan fingerprint density at radius 1 is 0.953 bits per heavy atom. The summed E-state index contributed by atoms with van der Waals surface area (Å²) in [6, 6.07) is 0. The summed E-state index contributed by atoms with van der Waals surface area (Å²) < 4.78 is 18.5. The second kappa shape index (κ2) is 14.5. The first-order valence-electron chi connectivity index (χ1n) is 16.2. The molecule has 0 bridgehead atoms. The predicted molar refractivity (Wildman–Crippen MR) is 164 cm³/mol. The van der Waals surface area contributed by atoms with Crippen molar-refractivity contribution < 1.29 is 44.2 Å². The van der Waals surface area contributed by atoms with Gasteiger partial charge in [0.05, 0.1) is 35.4 Å². The van der Waals surface area contributed by atoms with Crippen LogP contribution in [0.25, 0.3) is 0 Å². The minimum atomic E-state index is -1.89. The van der Waals surface area contributed by atoms with Gasteiger partial charge in [0.15, 0.2) is 0 Å². The van der Waals surface area contributed by atoms with Gasteiger partial charge in [0.25, 0.3) is 0 Å². The zero-order valence-corrected chi connectivity index (χ0v) is 28.5. The number of ketones is 1. The topological polar surface area (TPSA) is 155 Å². The number of rotatable bonds is 7. The first-order chi connectivity index (χ1) is 19.7. The van der Waals surface area contributed by atoms with Crippen LogP contribution < -0.4 is 5.32 Å². The molecule has 10 nitrogen and oxygen atoms in total. The lowest BCUT2D eigenvalue weighted by Crippen LogP contribution is -2.70. The molecule has 2 rings (SSSR count). The van der Waals surface area contributed by atoms with Gasteiger partial charge in [0, 0.05) is 37.8 Å². The summed E-state index contributed by atoms with van der Waals surface area (Å²) in [4.78, 5) is 27.2. The zero-order valence-electron chi connectivity index (χ0n) is 28.5. The van der Waals surface area contributed by atoms with E-state index in [1.54, 1.807) is 41.7 Å². The van der Waals surface area contributed by atoms with Gasteiger partial charge in [0.1, 0.15) is 23.1 Å². The van der Waals surface area contributed by atoms with Gasteiger partial charge in [0.2, 0.25) is 0 Å². The Labute approximate surface area is 259 Å². The number of hydrogen-bond acceptors (Lipinski definition) is 10. The molecule has 0 aliphatic carbocycles. The van der Waals surface area contributed by atoms with Crippen LogP contribution >= 0.6 is 0 Å². The Morgan fingerprint density at radius 2 is 1.56 bits per heavy atom. The monoisotopic (exact) mass is 615 g/mol. The van der Waals surface area contributed by atoms with Crippen LogP contribution in [0.3, 0.4) is 0 Å². The third kappa shape index (κ3) is 7.99. The summed E-state index contributed by atoms with van der Waals surface area (Å²) >= 11 is 0. The van der Waals surface area contributed by atoms with E-state index < -0.39 is 76.5 Å². The van der Waals surface area contributed by atoms with Crippen LogP contribution in [0.1, 0.15) is 101 Å². The van der Waals surface area contributed by atoms with Gasteiger partial charge in [-0.05, 0) is 65.8 Å². The third-order valence-corrected chi connectivity index (χ3v) is 10.7. The van der Waals surface area contributed by atoms with Crippen molar-refractivity contribution >= 4 is 11.8 Å². The van der Waals surface area contributed by atoms with Gasteiger partial charge in [-0.2, -0.15) is 0 Å². The molecule has 0 aromatic carbocycles. The number of methoxy groups -OCH3 is 1. The number of carbonyl (C=O) groups is 2. The van der Waals surface area contributed by atoms with Crippen molar-refractivity contribution in [2.75, 3.05) is 20.2 Å². The number of aliphatic hydroxyl groups excluding tert-OH is 1. The molecule has 252 valence electrons. The smallest absolute Gasteiger partial charge is 0.309 e. The number of aliphatic hydroxyl groups is 4. The average Bonchev–Trinajstić information content (AvgIpc) is 2.92. The van der Waals surface area contributed by atoms with Crippen LogP contribution in [0.5, 0.6) is 0 Å². The molecule has 0 radical (unpaired) electrons. The number of esters is 1. The predicted octanol–water partition coefficient (Wildman–Crippen LogP) is 3.01. The van der Waals surface area contributed by atoms with E-state index >= 15 is 0 Å². The fraction of sp³-hybridized carbons (Fsp3) is 0.939. The van der Waals surface area contributed by atoms with E-state index in [0.29, 0.717) is 0 Å². The van der Waals surface area contributed by atoms with Crippen LogP contribution in [0.2, 0.25) is 0 Å². The normalized spacial score (nSPS) is 47.6. The first-order valence-corrected chi connectivity index (χ1v) is 16.2. The van der Waals surface area contributed by atoms with Gasteiger partial charge in [-0.25, -0.2) is 0 Å². The molecule has 43 heavy (non-hydrogen) atoms. The number of ether oxygens (including phenoxy) is 3. The molecule has 2 heterocycles. The van der Waals surface area contributed by atoms with Crippen molar-refractivity contribution in [1.29, 1.82) is 0 Å². The molecule has 0 aromatic heterocycles. The van der Waals surface area contributed by atoms with Crippen molar-refractivity contribution in [3.8, 4) is 0 Å². The van der Waals surface area contributed by atoms with Crippen LogP contribution in [-0.4, -0.2) is 99.2 Å². The Bertz CT molecular complexity index is 941. The van der Waals surface area contributed by atoms with Gasteiger partial charge >= 0.3 is 5.97 Å². The fourth-order valence-corrected chi connectivity index (χ4v) is 7.86. The van der Waals surface area contributed by atoms with Crippen LogP contribution in [0, 0.1) is 29.6 Å². The van der Waals surface area contributed by atoms with Gasteiger partial charge in [-0.1, -0.05) is 41.5 Å². The molecule has 13 atom stereocenters. The van der Waals surface area contributed by atoms with E-state index in [4.69, 9.17) is 14.2 Å². The van der Waals surface area contributed by atoms with Crippen LogP contribution in [0.15, 0.2) is 0 Å². The lowest BCUT2D eigenvalue weighted by atomic mass is 9.66. The van der Waals surface area contributed by atoms with E-state index in [0.717, 1.165) is 13.0 Å². The quantitative estimate of drug-likeness (QED) is 0.213. The number of cyclic esters (lactones) is 1. The highest BCUT2D eigenvalue weighted by Gasteiger charge is 2.59. The molecule has 2 saturated heterocycles. The van der Waals surface area contributed by atoms with Crippen LogP contribution in [-0.2, 0) is 23.8 Å². The molecule has 10 heteroatoms. The first kappa shape index (κ1) is 38.0. The molecule has 5 N–H and O–H groups in total. The SMILES string of the molecule is CCCNC[C@]1(O)[C@H](C)O[C@@H](C2[C@H](C)C[C@](C)(O)C[C@@H](C)C(=O)[C@H](C)[C@@H](O)[C@](C)(O)[C@@H](CC)OC(=O)[C@@H]2C)C[C@@]1(C)OC. The van der Waals surface area contributed by atoms with E-state index in [-0.39, 0.29) is 43.9 Å². The number of carbonyl (C=O) groups excluding carboxylic acids is 2. The van der Waals surface area contributed by atoms with E-state index in [9.17, 15) is 30.0 Å². The van der Waals surface area contributed by atoms with Crippen molar-refractivity contribution in [1.82, 2.24) is 5.32 Å². The fourth-order valence-electron chi connectivity index (χ4n) is 7.86. The number of Topliss-reactive ketones (excluding diaryl/α,β-unsaturated/α-hetero) is 1. The minimum absolute atomic E-state index is 0.151. The zero-order chi connectivity index (χ0) is 33.1. The van der Waals surface area contributed by atoms with E-state index in [1.807, 2.05) is 27.7 Å². The Kier molecular flexibility index (Phi) is 12.8. The maximum Gasteiger partial charge on any atom is 0.309 e. The lowest BCUT2D eigenvalue weighted by molar-refractivity contribution is -0.281. The third-order valence-electron chi connectivity index (χ3n) is 10.7. The second-order valence-corrected chi connectivity index (χ2v) is 14.4. The van der Waals surface area contributed by atoms with Crippen molar-refractivity contribution in [2.45, 2.75) is 148 Å². The highest BCUT2D eigenvalue weighted by Crippen LogP contribution is 2.46. The molecular formula is C33H61NO9. The highest BCUT2D eigenvalue weighted by molar-refractivity contribution is 5.83. The molecule has 2 fully saturated rings. The lowest BCUT2D eigenvalue weighted by Gasteiger charge is -2.55. The largest absolute Gasteiger partial charge is 0.459 e. The molecular weight excluding hydrogens is 554 g/mol. The molecule has 0 aromatic rings. The van der Waals surface area contributed by atoms with Gasteiger partial charge in [-0.15, -0.1) is 0 Å².